The van der Waals surface area contributed by atoms with E-state index in [0.717, 1.165) is 30.2 Å². The molecular weight excluding hydrogens is 240 g/mol. The minimum atomic E-state index is 0.595. The van der Waals surface area contributed by atoms with Crippen molar-refractivity contribution in [2.45, 2.75) is 13.3 Å². The Hall–Kier alpha value is -0.850. The van der Waals surface area contributed by atoms with Crippen molar-refractivity contribution in [3.8, 4) is 6.07 Å². The van der Waals surface area contributed by atoms with E-state index in [4.69, 9.17) is 16.9 Å². The fraction of sp³-hybridized carbons (Fsp3) is 0.417. The number of rotatable bonds is 6. The van der Waals surface area contributed by atoms with Crippen molar-refractivity contribution in [1.82, 2.24) is 0 Å². The molecule has 0 saturated carbocycles. The first kappa shape index (κ1) is 13.2. The Kier molecular flexibility index (Phi) is 6.14. The number of nitriles is 1. The zero-order valence-electron chi connectivity index (χ0n) is 9.29. The highest BCUT2D eigenvalue weighted by molar-refractivity contribution is 7.99. The van der Waals surface area contributed by atoms with Gasteiger partial charge in [-0.2, -0.15) is 17.0 Å². The first-order valence-corrected chi connectivity index (χ1v) is 6.82. The van der Waals surface area contributed by atoms with Gasteiger partial charge in [-0.1, -0.05) is 18.5 Å². The Morgan fingerprint density at radius 3 is 2.94 bits per heavy atom. The summed E-state index contributed by atoms with van der Waals surface area (Å²) in [5, 5.41) is 12.6. The molecule has 16 heavy (non-hydrogen) atoms. The highest BCUT2D eigenvalue weighted by atomic mass is 35.5. The molecule has 1 rings (SSSR count). The van der Waals surface area contributed by atoms with Gasteiger partial charge in [0.15, 0.2) is 0 Å². The molecule has 2 nitrogen and oxygen atoms in total. The van der Waals surface area contributed by atoms with Crippen LogP contribution in [0.4, 0.5) is 5.69 Å². The Balaban J connectivity index is 2.40. The molecular formula is C12H15ClN2S. The number of halogens is 1. The van der Waals surface area contributed by atoms with Crippen LogP contribution in [0.15, 0.2) is 18.2 Å². The van der Waals surface area contributed by atoms with E-state index in [1.54, 1.807) is 12.1 Å². The molecule has 4 heteroatoms. The quantitative estimate of drug-likeness (QED) is 0.785. The van der Waals surface area contributed by atoms with E-state index in [0.29, 0.717) is 10.6 Å². The number of nitrogens with one attached hydrogen (secondary N) is 1. The van der Waals surface area contributed by atoms with Crippen LogP contribution in [0.1, 0.15) is 18.9 Å². The zero-order valence-corrected chi connectivity index (χ0v) is 10.9. The number of benzene rings is 1. The number of thioether (sulfide) groups is 1. The van der Waals surface area contributed by atoms with E-state index < -0.39 is 0 Å². The van der Waals surface area contributed by atoms with Gasteiger partial charge in [0, 0.05) is 6.54 Å². The monoisotopic (exact) mass is 254 g/mol. The summed E-state index contributed by atoms with van der Waals surface area (Å²) in [4.78, 5) is 0. The van der Waals surface area contributed by atoms with E-state index >= 15 is 0 Å². The predicted octanol–water partition coefficient (Wildman–Crippen LogP) is 3.77. The molecule has 0 amide bonds. The summed E-state index contributed by atoms with van der Waals surface area (Å²) in [7, 11) is 0. The fourth-order valence-corrected chi connectivity index (χ4v) is 2.15. The minimum Gasteiger partial charge on any atom is -0.384 e. The third-order valence-electron chi connectivity index (χ3n) is 2.08. The molecule has 0 fully saturated rings. The van der Waals surface area contributed by atoms with Crippen LogP contribution in [0.3, 0.4) is 0 Å². The van der Waals surface area contributed by atoms with E-state index in [2.05, 4.69) is 18.3 Å². The molecule has 1 aromatic carbocycles. The van der Waals surface area contributed by atoms with Gasteiger partial charge < -0.3 is 5.32 Å². The van der Waals surface area contributed by atoms with Crippen LogP contribution in [0.2, 0.25) is 5.02 Å². The van der Waals surface area contributed by atoms with Crippen molar-refractivity contribution in [1.29, 1.82) is 5.26 Å². The molecule has 0 aliphatic heterocycles. The summed E-state index contributed by atoms with van der Waals surface area (Å²) in [6.45, 7) is 3.08. The summed E-state index contributed by atoms with van der Waals surface area (Å²) in [6.07, 6.45) is 1.12. The average molecular weight is 255 g/mol. The molecule has 86 valence electrons. The van der Waals surface area contributed by atoms with Crippen LogP contribution in [0.25, 0.3) is 0 Å². The first-order chi connectivity index (χ1) is 7.77. The maximum atomic E-state index is 8.69. The molecule has 0 aliphatic rings. The number of nitrogens with zero attached hydrogens (tertiary/aromatic N) is 1. The molecule has 0 saturated heterocycles. The smallest absolute Gasteiger partial charge is 0.0992 e. The van der Waals surface area contributed by atoms with Crippen LogP contribution in [-0.2, 0) is 0 Å². The van der Waals surface area contributed by atoms with Crippen LogP contribution in [0.5, 0.6) is 0 Å². The molecule has 0 aliphatic carbocycles. The third kappa shape index (κ3) is 4.34. The van der Waals surface area contributed by atoms with Gasteiger partial charge in [-0.3, -0.25) is 0 Å². The van der Waals surface area contributed by atoms with Crippen molar-refractivity contribution in [2.75, 3.05) is 23.4 Å². The Labute approximate surface area is 106 Å². The van der Waals surface area contributed by atoms with Gasteiger partial charge in [-0.15, -0.1) is 0 Å². The standard InChI is InChI=1S/C12H15ClN2S/c1-2-16-7-3-6-15-12-5-4-10(9-14)8-11(12)13/h4-5,8,15H,2-3,6-7H2,1H3. The van der Waals surface area contributed by atoms with Gasteiger partial charge in [-0.25, -0.2) is 0 Å². The topological polar surface area (TPSA) is 35.8 Å². The molecule has 0 bridgehead atoms. The zero-order chi connectivity index (χ0) is 11.8. The van der Waals surface area contributed by atoms with Gasteiger partial charge >= 0.3 is 0 Å². The van der Waals surface area contributed by atoms with E-state index in [1.807, 2.05) is 17.8 Å². The van der Waals surface area contributed by atoms with Crippen molar-refractivity contribution >= 4 is 29.1 Å². The second kappa shape index (κ2) is 7.43. The maximum Gasteiger partial charge on any atom is 0.0992 e. The molecule has 0 heterocycles. The van der Waals surface area contributed by atoms with Crippen molar-refractivity contribution in [2.24, 2.45) is 0 Å². The maximum absolute atomic E-state index is 8.69. The van der Waals surface area contributed by atoms with Crippen LogP contribution < -0.4 is 5.32 Å². The summed E-state index contributed by atoms with van der Waals surface area (Å²) in [6, 6.07) is 7.38. The fourth-order valence-electron chi connectivity index (χ4n) is 1.27. The van der Waals surface area contributed by atoms with Crippen molar-refractivity contribution < 1.29 is 0 Å². The first-order valence-electron chi connectivity index (χ1n) is 5.29. The lowest BCUT2D eigenvalue weighted by molar-refractivity contribution is 0.992. The summed E-state index contributed by atoms with van der Waals surface area (Å²) in [5.74, 6) is 2.33. The van der Waals surface area contributed by atoms with Gasteiger partial charge in [-0.05, 0) is 36.1 Å². The number of hydrogen-bond donors (Lipinski definition) is 1. The van der Waals surface area contributed by atoms with Crippen molar-refractivity contribution in [3.05, 3.63) is 28.8 Å². The summed E-state index contributed by atoms with van der Waals surface area (Å²) < 4.78 is 0. The Morgan fingerprint density at radius 2 is 2.31 bits per heavy atom. The van der Waals surface area contributed by atoms with Gasteiger partial charge in [0.2, 0.25) is 0 Å². The van der Waals surface area contributed by atoms with Crippen LogP contribution >= 0.6 is 23.4 Å². The van der Waals surface area contributed by atoms with Gasteiger partial charge in [0.25, 0.3) is 0 Å². The molecule has 0 atom stereocenters. The SMILES string of the molecule is CCSCCCNc1ccc(C#N)cc1Cl. The summed E-state index contributed by atoms with van der Waals surface area (Å²) >= 11 is 7.97. The Bertz CT molecular complexity index is 374. The number of anilines is 1. The molecule has 1 N–H and O–H groups in total. The second-order valence-electron chi connectivity index (χ2n) is 3.28. The molecule has 0 unspecified atom stereocenters. The lowest BCUT2D eigenvalue weighted by atomic mass is 10.2. The van der Waals surface area contributed by atoms with E-state index in [9.17, 15) is 0 Å². The second-order valence-corrected chi connectivity index (χ2v) is 5.08. The predicted molar refractivity (Wildman–Crippen MR) is 72.3 cm³/mol. The summed E-state index contributed by atoms with van der Waals surface area (Å²) in [5.41, 5.74) is 1.50. The van der Waals surface area contributed by atoms with Crippen molar-refractivity contribution in [3.63, 3.8) is 0 Å². The number of hydrogen-bond acceptors (Lipinski definition) is 3. The largest absolute Gasteiger partial charge is 0.384 e. The van der Waals surface area contributed by atoms with E-state index in [1.165, 1.54) is 0 Å². The Morgan fingerprint density at radius 1 is 1.50 bits per heavy atom. The third-order valence-corrected chi connectivity index (χ3v) is 3.38. The average Bonchev–Trinajstić information content (AvgIpc) is 2.30. The molecule has 0 radical (unpaired) electrons. The minimum absolute atomic E-state index is 0.595. The highest BCUT2D eigenvalue weighted by Crippen LogP contribution is 2.22. The molecule has 0 aromatic heterocycles. The molecule has 1 aromatic rings. The van der Waals surface area contributed by atoms with E-state index in [-0.39, 0.29) is 0 Å². The van der Waals surface area contributed by atoms with Gasteiger partial charge in [0.05, 0.1) is 22.3 Å². The van der Waals surface area contributed by atoms with Crippen LogP contribution in [0, 0.1) is 11.3 Å². The highest BCUT2D eigenvalue weighted by Gasteiger charge is 2.00. The molecule has 0 spiro atoms. The lowest BCUT2D eigenvalue weighted by Gasteiger charge is -2.07. The normalized spacial score (nSPS) is 9.81. The lowest BCUT2D eigenvalue weighted by Crippen LogP contribution is -2.03. The van der Waals surface area contributed by atoms with Gasteiger partial charge in [0.1, 0.15) is 0 Å². The van der Waals surface area contributed by atoms with Crippen LogP contribution in [-0.4, -0.2) is 18.1 Å².